The highest BCUT2D eigenvalue weighted by atomic mass is 16.6. The summed E-state index contributed by atoms with van der Waals surface area (Å²) in [6, 6.07) is 0. The van der Waals surface area contributed by atoms with Crippen molar-refractivity contribution in [1.82, 2.24) is 0 Å². The second kappa shape index (κ2) is 45.0. The molecule has 0 N–H and O–H groups in total. The quantitative estimate of drug-likeness (QED) is 0.0496. The minimum absolute atomic E-state index is 0.0470. The smallest absolute Gasteiger partial charge is 0.333 e. The summed E-state index contributed by atoms with van der Waals surface area (Å²) in [5.74, 6) is -1.38. The van der Waals surface area contributed by atoms with Gasteiger partial charge in [-0.2, -0.15) is 0 Å². The Morgan fingerprint density at radius 2 is 0.724 bits per heavy atom. The maximum Gasteiger partial charge on any atom is 0.333 e. The van der Waals surface area contributed by atoms with E-state index in [2.05, 4.69) is 58.1 Å². The number of hydrogen-bond donors (Lipinski definition) is 0. The summed E-state index contributed by atoms with van der Waals surface area (Å²) in [5.41, 5.74) is 2.77. The number of unbranched alkanes of at least 4 members (excludes halogenated alkanes) is 4. The molecule has 0 aromatic rings. The molecule has 0 aliphatic heterocycles. The minimum atomic E-state index is -0.315. The molecule has 0 saturated carbocycles. The van der Waals surface area contributed by atoms with E-state index in [-0.39, 0.29) is 41.9 Å². The zero-order chi connectivity index (χ0) is 46.8. The van der Waals surface area contributed by atoms with Crippen molar-refractivity contribution in [2.24, 2.45) is 5.92 Å². The van der Waals surface area contributed by atoms with Gasteiger partial charge in [0, 0.05) is 33.4 Å². The van der Waals surface area contributed by atoms with Gasteiger partial charge in [-0.1, -0.05) is 99.8 Å². The lowest BCUT2D eigenvalue weighted by Gasteiger charge is -2.05. The average Bonchev–Trinajstić information content (AvgIpc) is 3.13. The van der Waals surface area contributed by atoms with Crippen molar-refractivity contribution in [3.8, 4) is 0 Å². The van der Waals surface area contributed by atoms with Gasteiger partial charge >= 0.3 is 35.8 Å². The lowest BCUT2D eigenvalue weighted by Crippen LogP contribution is -2.11. The second-order valence-electron chi connectivity index (χ2n) is 13.7. The Hall–Kier alpha value is -4.74. The molecule has 0 fully saturated rings. The van der Waals surface area contributed by atoms with Gasteiger partial charge in [-0.3, -0.25) is 0 Å². The highest BCUT2D eigenvalue weighted by molar-refractivity contribution is 5.88. The Morgan fingerprint density at radius 1 is 0.397 bits per heavy atom. The molecule has 0 bridgehead atoms. The molecule has 0 unspecified atom stereocenters. The molecule has 336 valence electrons. The lowest BCUT2D eigenvalue weighted by molar-refractivity contribution is -0.143. The van der Waals surface area contributed by atoms with Crippen LogP contribution in [-0.4, -0.2) is 75.0 Å². The third-order valence-corrected chi connectivity index (χ3v) is 5.66. The van der Waals surface area contributed by atoms with E-state index < -0.39 is 0 Å². The number of carbonyl (C=O) groups is 6. The fourth-order valence-electron chi connectivity index (χ4n) is 2.50. The topological polar surface area (TPSA) is 158 Å². The van der Waals surface area contributed by atoms with Gasteiger partial charge in [0.05, 0.1) is 39.1 Å². The van der Waals surface area contributed by atoms with Crippen molar-refractivity contribution >= 4 is 35.8 Å². The molecule has 12 heteroatoms. The van der Waals surface area contributed by atoms with E-state index in [0.717, 1.165) is 32.1 Å². The van der Waals surface area contributed by atoms with Crippen LogP contribution in [0, 0.1) is 5.92 Å². The molecular weight excluding hydrogens is 744 g/mol. The average molecular weight is 825 g/mol. The molecule has 0 radical (unpaired) electrons. The molecule has 0 saturated heterocycles. The van der Waals surface area contributed by atoms with E-state index in [4.69, 9.17) is 23.7 Å². The molecule has 0 rings (SSSR count). The standard InChI is InChI=1S/C10H18O2.2C8H14O2.2C7H12O2.C6H10O2/c1-4-5-6-7-8-12-10(11)9(2)3;1-6(2)5-10-8(9)7(3)4;1-4-5-6-10-8(9)7(2)3;1-5(2)7(8)9-6(3)4;1-4-5-9-7(8)6(2)3;1-4-8-6(7)5(2)3/h2,4-8H2,1,3H3;6H,3,5H2,1-2,4H3;2,4-6H2,1,3H3;6H,1H2,2-4H3;2,4-5H2,1,3H3;2,4H2,1,3H3. The molecule has 0 amide bonds. The van der Waals surface area contributed by atoms with E-state index in [1.54, 1.807) is 62.3 Å². The molecule has 58 heavy (non-hydrogen) atoms. The molecule has 0 aliphatic carbocycles. The Labute approximate surface area is 352 Å². The molecule has 0 aromatic carbocycles. The van der Waals surface area contributed by atoms with Gasteiger partial charge in [0.15, 0.2) is 0 Å². The maximum absolute atomic E-state index is 10.9. The first-order valence-electron chi connectivity index (χ1n) is 19.8. The van der Waals surface area contributed by atoms with Crippen LogP contribution in [0.4, 0.5) is 0 Å². The monoisotopic (exact) mass is 825 g/mol. The summed E-state index contributed by atoms with van der Waals surface area (Å²) in [4.78, 5) is 63.9. The Kier molecular flexibility index (Phi) is 50.5. The first kappa shape index (κ1) is 65.1. The molecular formula is C46H80O12. The van der Waals surface area contributed by atoms with Crippen molar-refractivity contribution < 1.29 is 57.2 Å². The van der Waals surface area contributed by atoms with Crippen molar-refractivity contribution in [3.63, 3.8) is 0 Å². The number of carbonyl (C=O) groups excluding carboxylic acids is 6. The summed E-state index contributed by atoms with van der Waals surface area (Å²) < 4.78 is 28.6. The van der Waals surface area contributed by atoms with Crippen LogP contribution < -0.4 is 0 Å². The van der Waals surface area contributed by atoms with Gasteiger partial charge in [-0.05, 0) is 87.5 Å². The van der Waals surface area contributed by atoms with E-state index in [1.807, 2.05) is 20.8 Å². The summed E-state index contributed by atoms with van der Waals surface area (Å²) in [6.07, 6.45) is 7.31. The first-order chi connectivity index (χ1) is 26.8. The molecule has 12 nitrogen and oxygen atoms in total. The molecule has 0 atom stereocenters. The summed E-state index contributed by atoms with van der Waals surface area (Å²) in [6.45, 7) is 48.5. The summed E-state index contributed by atoms with van der Waals surface area (Å²) in [5, 5.41) is 0. The van der Waals surface area contributed by atoms with Crippen LogP contribution in [-0.2, 0) is 57.2 Å². The van der Waals surface area contributed by atoms with Gasteiger partial charge in [0.2, 0.25) is 0 Å². The Bertz CT molecular complexity index is 1250. The predicted octanol–water partition coefficient (Wildman–Crippen LogP) is 10.5. The molecule has 0 aliphatic rings. The van der Waals surface area contributed by atoms with Crippen LogP contribution in [0.5, 0.6) is 0 Å². The molecule has 0 heterocycles. The van der Waals surface area contributed by atoms with Crippen LogP contribution in [0.2, 0.25) is 0 Å². The van der Waals surface area contributed by atoms with Gasteiger partial charge in [-0.25, -0.2) is 28.8 Å². The fraction of sp³-hybridized carbons (Fsp3) is 0.609. The predicted molar refractivity (Wildman–Crippen MR) is 235 cm³/mol. The third-order valence-electron chi connectivity index (χ3n) is 5.66. The Morgan fingerprint density at radius 3 is 0.983 bits per heavy atom. The number of rotatable bonds is 20. The minimum Gasteiger partial charge on any atom is -0.463 e. The van der Waals surface area contributed by atoms with Gasteiger partial charge < -0.3 is 28.4 Å². The molecule has 0 spiro atoms. The summed E-state index contributed by atoms with van der Waals surface area (Å²) >= 11 is 0. The van der Waals surface area contributed by atoms with Crippen molar-refractivity contribution in [2.75, 3.05) is 33.0 Å². The zero-order valence-corrected chi connectivity index (χ0v) is 38.8. The largest absolute Gasteiger partial charge is 0.463 e. The van der Waals surface area contributed by atoms with Gasteiger partial charge in [0.1, 0.15) is 0 Å². The van der Waals surface area contributed by atoms with Crippen LogP contribution in [0.1, 0.15) is 142 Å². The zero-order valence-electron chi connectivity index (χ0n) is 38.8. The highest BCUT2D eigenvalue weighted by Gasteiger charge is 2.05. The summed E-state index contributed by atoms with van der Waals surface area (Å²) in [7, 11) is 0. The van der Waals surface area contributed by atoms with Crippen LogP contribution in [0.15, 0.2) is 72.9 Å². The van der Waals surface area contributed by atoms with Gasteiger partial charge in [-0.15, -0.1) is 0 Å². The van der Waals surface area contributed by atoms with Crippen LogP contribution >= 0.6 is 0 Å². The molecule has 0 aromatic heterocycles. The third kappa shape index (κ3) is 58.0. The highest BCUT2D eigenvalue weighted by Crippen LogP contribution is 2.01. The SMILES string of the molecule is C=C(C)C(=O)OC(C)C.C=C(C)C(=O)OCC.C=C(C)C(=O)OCC(C)C.C=C(C)C(=O)OCCC.C=C(C)C(=O)OCCCC.C=C(C)C(=O)OCCCCCC. The van der Waals surface area contributed by atoms with Crippen molar-refractivity contribution in [3.05, 3.63) is 72.9 Å². The van der Waals surface area contributed by atoms with E-state index in [9.17, 15) is 28.8 Å². The van der Waals surface area contributed by atoms with E-state index in [1.165, 1.54) is 12.8 Å². The lowest BCUT2D eigenvalue weighted by atomic mass is 10.2. The second-order valence-corrected chi connectivity index (χ2v) is 13.7. The maximum atomic E-state index is 10.9. The first-order valence-corrected chi connectivity index (χ1v) is 19.8. The van der Waals surface area contributed by atoms with Crippen molar-refractivity contribution in [1.29, 1.82) is 0 Å². The number of esters is 6. The van der Waals surface area contributed by atoms with Crippen molar-refractivity contribution in [2.45, 2.75) is 148 Å². The van der Waals surface area contributed by atoms with Crippen LogP contribution in [0.3, 0.4) is 0 Å². The fourth-order valence-corrected chi connectivity index (χ4v) is 2.50. The number of hydrogen-bond acceptors (Lipinski definition) is 12. The van der Waals surface area contributed by atoms with E-state index in [0.29, 0.717) is 72.4 Å². The van der Waals surface area contributed by atoms with Crippen LogP contribution in [0.25, 0.3) is 0 Å². The van der Waals surface area contributed by atoms with E-state index >= 15 is 0 Å². The normalized spacial score (nSPS) is 9.10. The van der Waals surface area contributed by atoms with Gasteiger partial charge in [0.25, 0.3) is 0 Å². The number of ether oxygens (including phenoxy) is 6. The Balaban J connectivity index is -0.000000140.